The SMILES string of the molecule is CC(C)C[C@H](NC(=O)c1ccc(Cl)cc1)c1ccccc1. The molecule has 0 heterocycles. The van der Waals surface area contributed by atoms with Gasteiger partial charge in [0.25, 0.3) is 5.91 Å². The average Bonchev–Trinajstić information content (AvgIpc) is 2.47. The Bertz CT molecular complexity index is 578. The van der Waals surface area contributed by atoms with Gasteiger partial charge in [-0.1, -0.05) is 55.8 Å². The van der Waals surface area contributed by atoms with E-state index in [0.717, 1.165) is 12.0 Å². The number of rotatable bonds is 5. The summed E-state index contributed by atoms with van der Waals surface area (Å²) in [6.45, 7) is 4.31. The fraction of sp³-hybridized carbons (Fsp3) is 0.278. The first-order valence-corrected chi connectivity index (χ1v) is 7.55. The van der Waals surface area contributed by atoms with E-state index in [1.165, 1.54) is 0 Å². The molecule has 0 aliphatic heterocycles. The number of carbonyl (C=O) groups is 1. The molecule has 2 aromatic carbocycles. The number of halogens is 1. The zero-order valence-electron chi connectivity index (χ0n) is 12.3. The van der Waals surface area contributed by atoms with E-state index in [9.17, 15) is 4.79 Å². The van der Waals surface area contributed by atoms with Crippen molar-refractivity contribution in [1.29, 1.82) is 0 Å². The Hall–Kier alpha value is -1.80. The predicted octanol–water partition coefficient (Wildman–Crippen LogP) is 4.86. The summed E-state index contributed by atoms with van der Waals surface area (Å²) in [4.78, 5) is 12.4. The maximum absolute atomic E-state index is 12.4. The Morgan fingerprint density at radius 3 is 2.24 bits per heavy atom. The van der Waals surface area contributed by atoms with Gasteiger partial charge in [0.2, 0.25) is 0 Å². The fourth-order valence-corrected chi connectivity index (χ4v) is 2.40. The van der Waals surface area contributed by atoms with Gasteiger partial charge in [-0.25, -0.2) is 0 Å². The molecule has 2 aromatic rings. The summed E-state index contributed by atoms with van der Waals surface area (Å²) in [6.07, 6.45) is 0.906. The second-order valence-corrected chi connectivity index (χ2v) is 6.01. The minimum absolute atomic E-state index is 0.0226. The van der Waals surface area contributed by atoms with Crippen molar-refractivity contribution in [1.82, 2.24) is 5.32 Å². The van der Waals surface area contributed by atoms with Crippen LogP contribution in [0.15, 0.2) is 54.6 Å². The fourth-order valence-electron chi connectivity index (χ4n) is 2.28. The van der Waals surface area contributed by atoms with Crippen LogP contribution in [0.25, 0.3) is 0 Å². The summed E-state index contributed by atoms with van der Waals surface area (Å²) < 4.78 is 0. The van der Waals surface area contributed by atoms with E-state index >= 15 is 0 Å². The molecule has 0 aliphatic rings. The molecule has 110 valence electrons. The van der Waals surface area contributed by atoms with Crippen molar-refractivity contribution in [2.45, 2.75) is 26.3 Å². The van der Waals surface area contributed by atoms with E-state index in [0.29, 0.717) is 16.5 Å². The lowest BCUT2D eigenvalue weighted by Gasteiger charge is -2.21. The van der Waals surface area contributed by atoms with Crippen LogP contribution >= 0.6 is 11.6 Å². The van der Waals surface area contributed by atoms with Crippen LogP contribution in [0.2, 0.25) is 5.02 Å². The molecule has 0 saturated carbocycles. The Labute approximate surface area is 131 Å². The van der Waals surface area contributed by atoms with Crippen molar-refractivity contribution in [3.8, 4) is 0 Å². The lowest BCUT2D eigenvalue weighted by Crippen LogP contribution is -2.29. The molecule has 2 nitrogen and oxygen atoms in total. The summed E-state index contributed by atoms with van der Waals surface area (Å²) in [5.74, 6) is 0.432. The summed E-state index contributed by atoms with van der Waals surface area (Å²) in [6, 6.07) is 17.1. The molecule has 0 radical (unpaired) electrons. The molecular formula is C18H20ClNO. The smallest absolute Gasteiger partial charge is 0.251 e. The lowest BCUT2D eigenvalue weighted by molar-refractivity contribution is 0.0932. The number of carbonyl (C=O) groups excluding carboxylic acids is 1. The third-order valence-corrected chi connectivity index (χ3v) is 3.57. The molecule has 0 unspecified atom stereocenters. The Morgan fingerprint density at radius 2 is 1.67 bits per heavy atom. The highest BCUT2D eigenvalue weighted by molar-refractivity contribution is 6.30. The van der Waals surface area contributed by atoms with E-state index in [1.807, 2.05) is 18.2 Å². The van der Waals surface area contributed by atoms with Crippen molar-refractivity contribution in [2.24, 2.45) is 5.92 Å². The highest BCUT2D eigenvalue weighted by Crippen LogP contribution is 2.22. The first-order chi connectivity index (χ1) is 10.1. The van der Waals surface area contributed by atoms with Crippen molar-refractivity contribution >= 4 is 17.5 Å². The third-order valence-electron chi connectivity index (χ3n) is 3.32. The normalized spacial score (nSPS) is 12.2. The standard InChI is InChI=1S/C18H20ClNO/c1-13(2)12-17(14-6-4-3-5-7-14)20-18(21)15-8-10-16(19)11-9-15/h3-11,13,17H,12H2,1-2H3,(H,20,21)/t17-/m0/s1. The van der Waals surface area contributed by atoms with Crippen LogP contribution in [-0.2, 0) is 0 Å². The Kier molecular flexibility index (Phi) is 5.40. The van der Waals surface area contributed by atoms with Gasteiger partial charge in [0, 0.05) is 10.6 Å². The zero-order chi connectivity index (χ0) is 15.2. The highest BCUT2D eigenvalue weighted by atomic mass is 35.5. The molecule has 0 aromatic heterocycles. The van der Waals surface area contributed by atoms with Crippen LogP contribution in [0.5, 0.6) is 0 Å². The quantitative estimate of drug-likeness (QED) is 0.839. The summed E-state index contributed by atoms with van der Waals surface area (Å²) in [5.41, 5.74) is 1.76. The van der Waals surface area contributed by atoms with Crippen LogP contribution in [-0.4, -0.2) is 5.91 Å². The van der Waals surface area contributed by atoms with E-state index in [1.54, 1.807) is 24.3 Å². The molecule has 0 spiro atoms. The van der Waals surface area contributed by atoms with Gasteiger partial charge in [0.05, 0.1) is 6.04 Å². The molecule has 0 aliphatic carbocycles. The third kappa shape index (κ3) is 4.61. The van der Waals surface area contributed by atoms with Crippen LogP contribution in [0.3, 0.4) is 0 Å². The second kappa shape index (κ2) is 7.28. The first kappa shape index (κ1) is 15.6. The molecule has 1 N–H and O–H groups in total. The molecule has 1 amide bonds. The summed E-state index contributed by atoms with van der Waals surface area (Å²) in [7, 11) is 0. The van der Waals surface area contributed by atoms with Gasteiger partial charge < -0.3 is 5.32 Å². The van der Waals surface area contributed by atoms with Crippen LogP contribution in [0, 0.1) is 5.92 Å². The largest absolute Gasteiger partial charge is 0.345 e. The van der Waals surface area contributed by atoms with Gasteiger partial charge in [0.15, 0.2) is 0 Å². The summed E-state index contributed by atoms with van der Waals surface area (Å²) in [5, 5.41) is 3.75. The Morgan fingerprint density at radius 1 is 1.05 bits per heavy atom. The molecule has 1 atom stereocenters. The van der Waals surface area contributed by atoms with Crippen molar-refractivity contribution in [3.63, 3.8) is 0 Å². The summed E-state index contributed by atoms with van der Waals surface area (Å²) >= 11 is 5.86. The topological polar surface area (TPSA) is 29.1 Å². The van der Waals surface area contributed by atoms with Gasteiger partial charge in [0.1, 0.15) is 0 Å². The number of hydrogen-bond donors (Lipinski definition) is 1. The molecule has 2 rings (SSSR count). The number of nitrogens with one attached hydrogen (secondary N) is 1. The van der Waals surface area contributed by atoms with Crippen LogP contribution < -0.4 is 5.32 Å². The van der Waals surface area contributed by atoms with Gasteiger partial charge >= 0.3 is 0 Å². The molecule has 0 fully saturated rings. The predicted molar refractivity (Wildman–Crippen MR) is 87.6 cm³/mol. The maximum atomic E-state index is 12.4. The number of hydrogen-bond acceptors (Lipinski definition) is 1. The van der Waals surface area contributed by atoms with Crippen molar-refractivity contribution < 1.29 is 4.79 Å². The maximum Gasteiger partial charge on any atom is 0.251 e. The molecule has 21 heavy (non-hydrogen) atoms. The van der Waals surface area contributed by atoms with Gasteiger partial charge in [-0.05, 0) is 42.2 Å². The average molecular weight is 302 g/mol. The Balaban J connectivity index is 2.15. The lowest BCUT2D eigenvalue weighted by atomic mass is 9.96. The van der Waals surface area contributed by atoms with E-state index < -0.39 is 0 Å². The van der Waals surface area contributed by atoms with E-state index in [4.69, 9.17) is 11.6 Å². The van der Waals surface area contributed by atoms with Gasteiger partial charge in [-0.2, -0.15) is 0 Å². The number of benzene rings is 2. The zero-order valence-corrected chi connectivity index (χ0v) is 13.1. The first-order valence-electron chi connectivity index (χ1n) is 7.17. The highest BCUT2D eigenvalue weighted by Gasteiger charge is 2.16. The van der Waals surface area contributed by atoms with E-state index in [2.05, 4.69) is 31.3 Å². The molecular weight excluding hydrogens is 282 g/mol. The van der Waals surface area contributed by atoms with Crippen LogP contribution in [0.1, 0.15) is 42.2 Å². The van der Waals surface area contributed by atoms with Crippen molar-refractivity contribution in [3.05, 3.63) is 70.7 Å². The molecule has 0 bridgehead atoms. The molecule has 3 heteroatoms. The minimum Gasteiger partial charge on any atom is -0.345 e. The van der Waals surface area contributed by atoms with Crippen molar-refractivity contribution in [2.75, 3.05) is 0 Å². The second-order valence-electron chi connectivity index (χ2n) is 5.57. The van der Waals surface area contributed by atoms with Gasteiger partial charge in [-0.15, -0.1) is 0 Å². The van der Waals surface area contributed by atoms with Crippen LogP contribution in [0.4, 0.5) is 0 Å². The van der Waals surface area contributed by atoms with E-state index in [-0.39, 0.29) is 11.9 Å². The number of amides is 1. The minimum atomic E-state index is -0.0684. The monoisotopic (exact) mass is 301 g/mol. The molecule has 0 saturated heterocycles. The van der Waals surface area contributed by atoms with Gasteiger partial charge in [-0.3, -0.25) is 4.79 Å².